The zero-order valence-electron chi connectivity index (χ0n) is 9.88. The zero-order chi connectivity index (χ0) is 11.5. The number of nitrogens with one attached hydrogen (secondary N) is 1. The van der Waals surface area contributed by atoms with E-state index in [9.17, 15) is 4.79 Å². The lowest BCUT2D eigenvalue weighted by Gasteiger charge is -2.24. The molecule has 0 aromatic heterocycles. The van der Waals surface area contributed by atoms with Crippen molar-refractivity contribution in [2.24, 2.45) is 5.73 Å². The molecule has 1 saturated carbocycles. The molecule has 4 heteroatoms. The monoisotopic (exact) mass is 214 g/mol. The summed E-state index contributed by atoms with van der Waals surface area (Å²) in [6, 6.07) is 0.233. The summed E-state index contributed by atoms with van der Waals surface area (Å²) < 4.78 is 5.25. The number of amides is 1. The second-order valence-electron chi connectivity index (χ2n) is 4.61. The van der Waals surface area contributed by atoms with Gasteiger partial charge in [-0.25, -0.2) is 0 Å². The van der Waals surface area contributed by atoms with Crippen LogP contribution in [0.5, 0.6) is 0 Å². The van der Waals surface area contributed by atoms with Gasteiger partial charge in [0.15, 0.2) is 0 Å². The van der Waals surface area contributed by atoms with Crippen molar-refractivity contribution < 1.29 is 9.53 Å². The molecule has 0 aromatic rings. The number of hydrogen-bond acceptors (Lipinski definition) is 3. The van der Waals surface area contributed by atoms with Crippen LogP contribution in [0, 0.1) is 0 Å². The molecular weight excluding hydrogens is 192 g/mol. The average Bonchev–Trinajstić information content (AvgIpc) is 2.65. The second kappa shape index (κ2) is 4.94. The van der Waals surface area contributed by atoms with Gasteiger partial charge in [0.2, 0.25) is 5.91 Å². The molecule has 0 radical (unpaired) electrons. The summed E-state index contributed by atoms with van der Waals surface area (Å²) >= 11 is 0. The predicted molar refractivity (Wildman–Crippen MR) is 59.5 cm³/mol. The minimum absolute atomic E-state index is 0.0493. The van der Waals surface area contributed by atoms with Crippen LogP contribution in [0.15, 0.2) is 0 Å². The molecule has 15 heavy (non-hydrogen) atoms. The van der Waals surface area contributed by atoms with Crippen molar-refractivity contribution >= 4 is 5.91 Å². The number of methoxy groups -OCH3 is 1. The molecule has 1 fully saturated rings. The predicted octanol–water partition coefficient (Wildman–Crippen LogP) is 0.797. The van der Waals surface area contributed by atoms with E-state index in [0.29, 0.717) is 12.5 Å². The van der Waals surface area contributed by atoms with Crippen LogP contribution in [0.2, 0.25) is 0 Å². The largest absolute Gasteiger partial charge is 0.381 e. The first-order valence-electron chi connectivity index (χ1n) is 5.62. The molecule has 0 heterocycles. The molecule has 0 aliphatic heterocycles. The minimum Gasteiger partial charge on any atom is -0.381 e. The Labute approximate surface area is 91.5 Å². The normalized spacial score (nSPS) is 29.9. The molecule has 4 nitrogen and oxygen atoms in total. The fourth-order valence-corrected chi connectivity index (χ4v) is 1.80. The summed E-state index contributed by atoms with van der Waals surface area (Å²) in [4.78, 5) is 11.8. The van der Waals surface area contributed by atoms with E-state index < -0.39 is 5.54 Å². The van der Waals surface area contributed by atoms with E-state index in [4.69, 9.17) is 10.5 Å². The van der Waals surface area contributed by atoms with Crippen LogP contribution in [-0.2, 0) is 9.53 Å². The van der Waals surface area contributed by atoms with Gasteiger partial charge in [0, 0.05) is 13.2 Å². The molecule has 1 aliphatic carbocycles. The maximum atomic E-state index is 11.8. The van der Waals surface area contributed by atoms with E-state index in [-0.39, 0.29) is 11.9 Å². The lowest BCUT2D eigenvalue weighted by atomic mass is 9.99. The van der Waals surface area contributed by atoms with Crippen LogP contribution in [-0.4, -0.2) is 30.7 Å². The van der Waals surface area contributed by atoms with Gasteiger partial charge in [-0.3, -0.25) is 4.79 Å². The van der Waals surface area contributed by atoms with Crippen LogP contribution >= 0.6 is 0 Å². The summed E-state index contributed by atoms with van der Waals surface area (Å²) in [5.41, 5.74) is 5.12. The van der Waals surface area contributed by atoms with E-state index in [0.717, 1.165) is 19.3 Å². The second-order valence-corrected chi connectivity index (χ2v) is 4.61. The molecule has 1 amide bonds. The highest BCUT2D eigenvalue weighted by molar-refractivity contribution is 5.85. The third-order valence-electron chi connectivity index (χ3n) is 3.31. The van der Waals surface area contributed by atoms with Gasteiger partial charge in [-0.1, -0.05) is 6.92 Å². The van der Waals surface area contributed by atoms with Gasteiger partial charge in [-0.05, 0) is 32.6 Å². The highest BCUT2D eigenvalue weighted by atomic mass is 16.5. The number of carbonyl (C=O) groups is 1. The Bertz CT molecular complexity index is 229. The molecule has 1 aliphatic rings. The van der Waals surface area contributed by atoms with Gasteiger partial charge in [0.1, 0.15) is 0 Å². The number of ether oxygens (including phenoxy) is 1. The van der Waals surface area contributed by atoms with E-state index in [1.165, 1.54) is 0 Å². The molecule has 3 unspecified atom stereocenters. The molecule has 3 N–H and O–H groups in total. The maximum Gasteiger partial charge on any atom is 0.240 e. The number of carbonyl (C=O) groups excluding carboxylic acids is 1. The fraction of sp³-hybridized carbons (Fsp3) is 0.909. The molecule has 3 atom stereocenters. The van der Waals surface area contributed by atoms with Gasteiger partial charge in [-0.2, -0.15) is 0 Å². The Balaban J connectivity index is 2.40. The maximum absolute atomic E-state index is 11.8. The standard InChI is InChI=1S/C11H22N2O2/c1-4-11(2,12)10(14)13-8-5-6-9(7-8)15-3/h8-9H,4-7,12H2,1-3H3,(H,13,14). The van der Waals surface area contributed by atoms with Crippen molar-refractivity contribution in [3.63, 3.8) is 0 Å². The highest BCUT2D eigenvalue weighted by Gasteiger charge is 2.31. The van der Waals surface area contributed by atoms with Crippen LogP contribution in [0.3, 0.4) is 0 Å². The van der Waals surface area contributed by atoms with E-state index in [1.54, 1.807) is 14.0 Å². The summed E-state index contributed by atoms with van der Waals surface area (Å²) in [7, 11) is 1.72. The molecule has 0 aromatic carbocycles. The molecular formula is C11H22N2O2. The Morgan fingerprint density at radius 2 is 2.27 bits per heavy atom. The Morgan fingerprint density at radius 3 is 2.73 bits per heavy atom. The molecule has 88 valence electrons. The summed E-state index contributed by atoms with van der Waals surface area (Å²) in [5, 5.41) is 2.99. The van der Waals surface area contributed by atoms with Crippen LogP contribution in [0.1, 0.15) is 39.5 Å². The van der Waals surface area contributed by atoms with Crippen molar-refractivity contribution in [3.8, 4) is 0 Å². The quantitative estimate of drug-likeness (QED) is 0.727. The smallest absolute Gasteiger partial charge is 0.240 e. The summed E-state index contributed by atoms with van der Waals surface area (Å²) in [6.45, 7) is 3.69. The van der Waals surface area contributed by atoms with Crippen LogP contribution in [0.4, 0.5) is 0 Å². The zero-order valence-corrected chi connectivity index (χ0v) is 9.88. The topological polar surface area (TPSA) is 64.4 Å². The van der Waals surface area contributed by atoms with Gasteiger partial charge in [0.05, 0.1) is 11.6 Å². The Kier molecular flexibility index (Phi) is 4.11. The Morgan fingerprint density at radius 1 is 1.60 bits per heavy atom. The fourth-order valence-electron chi connectivity index (χ4n) is 1.80. The van der Waals surface area contributed by atoms with Gasteiger partial charge < -0.3 is 15.8 Å². The number of hydrogen-bond donors (Lipinski definition) is 2. The molecule has 0 saturated heterocycles. The van der Waals surface area contributed by atoms with Crippen molar-refractivity contribution in [1.29, 1.82) is 0 Å². The van der Waals surface area contributed by atoms with E-state index >= 15 is 0 Å². The number of rotatable bonds is 4. The van der Waals surface area contributed by atoms with Crippen LogP contribution < -0.4 is 11.1 Å². The first kappa shape index (κ1) is 12.5. The van der Waals surface area contributed by atoms with Gasteiger partial charge in [0.25, 0.3) is 0 Å². The lowest BCUT2D eigenvalue weighted by Crippen LogP contribution is -2.53. The van der Waals surface area contributed by atoms with E-state index in [1.807, 2.05) is 6.92 Å². The van der Waals surface area contributed by atoms with Crippen molar-refractivity contribution in [3.05, 3.63) is 0 Å². The van der Waals surface area contributed by atoms with Crippen molar-refractivity contribution in [2.75, 3.05) is 7.11 Å². The van der Waals surface area contributed by atoms with E-state index in [2.05, 4.69) is 5.32 Å². The lowest BCUT2D eigenvalue weighted by molar-refractivity contribution is -0.126. The summed E-state index contributed by atoms with van der Waals surface area (Å²) in [5.74, 6) is -0.0493. The van der Waals surface area contributed by atoms with Gasteiger partial charge >= 0.3 is 0 Å². The first-order chi connectivity index (χ1) is 6.99. The van der Waals surface area contributed by atoms with Crippen LogP contribution in [0.25, 0.3) is 0 Å². The number of nitrogens with two attached hydrogens (primary N) is 1. The molecule has 1 rings (SSSR count). The molecule has 0 spiro atoms. The minimum atomic E-state index is -0.745. The highest BCUT2D eigenvalue weighted by Crippen LogP contribution is 2.22. The third-order valence-corrected chi connectivity index (χ3v) is 3.31. The van der Waals surface area contributed by atoms with Crippen molar-refractivity contribution in [2.45, 2.75) is 57.2 Å². The SMILES string of the molecule is CCC(C)(N)C(=O)NC1CCC(OC)C1. The van der Waals surface area contributed by atoms with Crippen molar-refractivity contribution in [1.82, 2.24) is 5.32 Å². The molecule has 0 bridgehead atoms. The summed E-state index contributed by atoms with van der Waals surface area (Å²) in [6.07, 6.45) is 3.86. The third kappa shape index (κ3) is 3.18. The first-order valence-corrected chi connectivity index (χ1v) is 5.62. The van der Waals surface area contributed by atoms with Gasteiger partial charge in [-0.15, -0.1) is 0 Å². The Hall–Kier alpha value is -0.610. The average molecular weight is 214 g/mol.